The Balaban J connectivity index is 1.92. The van der Waals surface area contributed by atoms with Crippen molar-refractivity contribution in [2.75, 3.05) is 6.61 Å². The van der Waals surface area contributed by atoms with Gasteiger partial charge in [0.05, 0.1) is 24.4 Å². The first-order valence-corrected chi connectivity index (χ1v) is 8.04. The summed E-state index contributed by atoms with van der Waals surface area (Å²) in [6.45, 7) is 10.0. The van der Waals surface area contributed by atoms with E-state index in [4.69, 9.17) is 14.0 Å². The maximum absolute atomic E-state index is 13.9. The third-order valence-corrected chi connectivity index (χ3v) is 5.36. The normalized spacial score (nSPS) is 22.6. The number of aromatic nitrogens is 1. The molecule has 1 fully saturated rings. The Morgan fingerprint density at radius 3 is 2.52 bits per heavy atom. The van der Waals surface area contributed by atoms with Crippen molar-refractivity contribution in [2.45, 2.75) is 52.0 Å². The summed E-state index contributed by atoms with van der Waals surface area (Å²) < 4.78 is 34.1. The van der Waals surface area contributed by atoms with Crippen LogP contribution in [0.25, 0.3) is 10.9 Å². The molecule has 0 radical (unpaired) electrons. The maximum Gasteiger partial charge on any atom is 0.497 e. The molecule has 1 saturated heterocycles. The molecule has 1 aromatic heterocycles. The molecule has 0 N–H and O–H groups in total. The molecule has 0 amide bonds. The lowest BCUT2D eigenvalue weighted by atomic mass is 9.76. The van der Waals surface area contributed by atoms with Crippen LogP contribution in [-0.2, 0) is 27.2 Å². The summed E-state index contributed by atoms with van der Waals surface area (Å²) in [6.07, 6.45) is 0. The zero-order chi connectivity index (χ0) is 16.4. The van der Waals surface area contributed by atoms with Gasteiger partial charge in [0.15, 0.2) is 0 Å². The van der Waals surface area contributed by atoms with E-state index < -0.39 is 18.3 Å². The van der Waals surface area contributed by atoms with Gasteiger partial charge in [-0.25, -0.2) is 4.39 Å². The minimum atomic E-state index is -0.512. The van der Waals surface area contributed by atoms with E-state index in [9.17, 15) is 4.39 Å². The van der Waals surface area contributed by atoms with E-state index in [-0.39, 0.29) is 5.82 Å². The van der Waals surface area contributed by atoms with Crippen molar-refractivity contribution in [3.05, 3.63) is 29.7 Å². The summed E-state index contributed by atoms with van der Waals surface area (Å²) in [4.78, 5) is 0. The number of ether oxygens (including phenoxy) is 1. The standard InChI is InChI=1S/C17H21BFNO3/c1-16(2)17(3,4)23-18(22-16)15-12-9-11(19)5-6-13(12)20-7-8-21-10-14(15)20/h5-6,9H,7-8,10H2,1-4H3. The fraction of sp³-hybridized carbons (Fsp3) is 0.529. The van der Waals surface area contributed by atoms with Crippen LogP contribution in [-0.4, -0.2) is 29.5 Å². The molecule has 2 aliphatic heterocycles. The highest BCUT2D eigenvalue weighted by Crippen LogP contribution is 2.38. The monoisotopic (exact) mass is 317 g/mol. The van der Waals surface area contributed by atoms with Gasteiger partial charge in [0.25, 0.3) is 0 Å². The van der Waals surface area contributed by atoms with Crippen LogP contribution in [0.3, 0.4) is 0 Å². The predicted octanol–water partition coefficient (Wildman–Crippen LogP) is 2.61. The molecule has 0 bridgehead atoms. The van der Waals surface area contributed by atoms with Gasteiger partial charge < -0.3 is 18.6 Å². The average molecular weight is 317 g/mol. The molecule has 2 aliphatic rings. The van der Waals surface area contributed by atoms with E-state index in [0.29, 0.717) is 13.2 Å². The fourth-order valence-corrected chi connectivity index (χ4v) is 3.37. The highest BCUT2D eigenvalue weighted by Gasteiger charge is 2.53. The van der Waals surface area contributed by atoms with Gasteiger partial charge >= 0.3 is 7.12 Å². The van der Waals surface area contributed by atoms with Crippen LogP contribution in [0.5, 0.6) is 0 Å². The lowest BCUT2D eigenvalue weighted by Crippen LogP contribution is -2.41. The first-order valence-electron chi connectivity index (χ1n) is 8.04. The quantitative estimate of drug-likeness (QED) is 0.758. The summed E-state index contributed by atoms with van der Waals surface area (Å²) in [7, 11) is -0.512. The molecular weight excluding hydrogens is 296 g/mol. The second kappa shape index (κ2) is 4.82. The zero-order valence-corrected chi connectivity index (χ0v) is 14.0. The molecule has 6 heteroatoms. The number of hydrogen-bond acceptors (Lipinski definition) is 3. The maximum atomic E-state index is 13.9. The smallest absolute Gasteiger partial charge is 0.399 e. The van der Waals surface area contributed by atoms with Gasteiger partial charge in [-0.15, -0.1) is 0 Å². The Morgan fingerprint density at radius 1 is 1.13 bits per heavy atom. The number of benzene rings is 1. The van der Waals surface area contributed by atoms with Crippen molar-refractivity contribution in [3.8, 4) is 0 Å². The fourth-order valence-electron chi connectivity index (χ4n) is 3.37. The van der Waals surface area contributed by atoms with Crippen LogP contribution >= 0.6 is 0 Å². The van der Waals surface area contributed by atoms with Crippen LogP contribution in [0, 0.1) is 5.82 Å². The summed E-state index contributed by atoms with van der Waals surface area (Å²) in [5, 5.41) is 0.851. The summed E-state index contributed by atoms with van der Waals surface area (Å²) in [6, 6.07) is 4.90. The van der Waals surface area contributed by atoms with Gasteiger partial charge in [0, 0.05) is 28.6 Å². The topological polar surface area (TPSA) is 32.6 Å². The highest BCUT2D eigenvalue weighted by atomic mass is 19.1. The van der Waals surface area contributed by atoms with E-state index in [0.717, 1.165) is 28.6 Å². The van der Waals surface area contributed by atoms with E-state index in [1.807, 2.05) is 33.8 Å². The molecule has 0 unspecified atom stereocenters. The van der Waals surface area contributed by atoms with Crippen molar-refractivity contribution < 1.29 is 18.4 Å². The summed E-state index contributed by atoms with van der Waals surface area (Å²) >= 11 is 0. The van der Waals surface area contributed by atoms with Crippen molar-refractivity contribution in [1.29, 1.82) is 0 Å². The lowest BCUT2D eigenvalue weighted by molar-refractivity contribution is 0.00578. The molecule has 1 aromatic carbocycles. The van der Waals surface area contributed by atoms with Gasteiger partial charge in [-0.05, 0) is 45.9 Å². The Kier molecular flexibility index (Phi) is 3.18. The Bertz CT molecular complexity index is 768. The minimum absolute atomic E-state index is 0.251. The van der Waals surface area contributed by atoms with Crippen molar-refractivity contribution >= 4 is 23.5 Å². The molecule has 4 nitrogen and oxygen atoms in total. The molecule has 2 aromatic rings. The van der Waals surface area contributed by atoms with E-state index in [1.54, 1.807) is 6.07 Å². The van der Waals surface area contributed by atoms with Gasteiger partial charge in [-0.1, -0.05) is 0 Å². The number of rotatable bonds is 1. The molecule has 0 saturated carbocycles. The Hall–Kier alpha value is -1.37. The molecule has 0 atom stereocenters. The second-order valence-corrected chi connectivity index (χ2v) is 7.31. The van der Waals surface area contributed by atoms with Gasteiger partial charge in [0.1, 0.15) is 5.82 Å². The van der Waals surface area contributed by atoms with E-state index in [2.05, 4.69) is 4.57 Å². The van der Waals surface area contributed by atoms with Gasteiger partial charge in [-0.2, -0.15) is 0 Å². The lowest BCUT2D eigenvalue weighted by Gasteiger charge is -2.32. The van der Waals surface area contributed by atoms with E-state index >= 15 is 0 Å². The third kappa shape index (κ3) is 2.16. The first kappa shape index (κ1) is 15.2. The Morgan fingerprint density at radius 2 is 1.83 bits per heavy atom. The first-order chi connectivity index (χ1) is 10.8. The minimum Gasteiger partial charge on any atom is -0.399 e. The number of hydrogen-bond donors (Lipinski definition) is 0. The van der Waals surface area contributed by atoms with Crippen LogP contribution < -0.4 is 5.46 Å². The largest absolute Gasteiger partial charge is 0.497 e. The van der Waals surface area contributed by atoms with Crippen LogP contribution in [0.15, 0.2) is 18.2 Å². The summed E-state index contributed by atoms with van der Waals surface area (Å²) in [5.74, 6) is -0.251. The van der Waals surface area contributed by atoms with Crippen LogP contribution in [0.1, 0.15) is 33.4 Å². The average Bonchev–Trinajstić information content (AvgIpc) is 2.89. The van der Waals surface area contributed by atoms with Gasteiger partial charge in [-0.3, -0.25) is 0 Å². The van der Waals surface area contributed by atoms with Crippen molar-refractivity contribution in [2.24, 2.45) is 0 Å². The van der Waals surface area contributed by atoms with Crippen molar-refractivity contribution in [3.63, 3.8) is 0 Å². The SMILES string of the molecule is CC1(C)OB(c2c3n(c4ccc(F)cc24)CCOC3)OC1(C)C. The zero-order valence-electron chi connectivity index (χ0n) is 14.0. The molecule has 23 heavy (non-hydrogen) atoms. The Labute approximate surface area is 135 Å². The second-order valence-electron chi connectivity index (χ2n) is 7.31. The van der Waals surface area contributed by atoms with Crippen LogP contribution in [0.2, 0.25) is 0 Å². The van der Waals surface area contributed by atoms with Crippen LogP contribution in [0.4, 0.5) is 4.39 Å². The summed E-state index contributed by atoms with van der Waals surface area (Å²) in [5.41, 5.74) is 2.08. The molecule has 0 spiro atoms. The third-order valence-electron chi connectivity index (χ3n) is 5.36. The van der Waals surface area contributed by atoms with Gasteiger partial charge in [0.2, 0.25) is 0 Å². The molecule has 4 rings (SSSR count). The van der Waals surface area contributed by atoms with Crippen molar-refractivity contribution in [1.82, 2.24) is 4.57 Å². The van der Waals surface area contributed by atoms with E-state index in [1.165, 1.54) is 6.07 Å². The molecular formula is C17H21BFNO3. The highest BCUT2D eigenvalue weighted by molar-refractivity contribution is 6.65. The number of fused-ring (bicyclic) bond motifs is 3. The predicted molar refractivity (Wildman–Crippen MR) is 87.3 cm³/mol. The number of nitrogens with zero attached hydrogens (tertiary/aromatic N) is 1. The molecule has 0 aliphatic carbocycles. The molecule has 3 heterocycles. The number of halogens is 1. The molecule has 122 valence electrons.